The summed E-state index contributed by atoms with van der Waals surface area (Å²) < 4.78 is 11.7. The van der Waals surface area contributed by atoms with Gasteiger partial charge in [0, 0.05) is 23.1 Å². The Morgan fingerprint density at radius 3 is 2.94 bits per heavy atom. The topological polar surface area (TPSA) is 70.0 Å². The Morgan fingerprint density at radius 1 is 1.53 bits per heavy atom. The molecular weight excluding hydrogens is 236 g/mol. The molecule has 0 aliphatic carbocycles. The van der Waals surface area contributed by atoms with Gasteiger partial charge in [0.2, 0.25) is 5.91 Å². The van der Waals surface area contributed by atoms with Crippen molar-refractivity contribution in [1.29, 1.82) is 5.26 Å². The number of rotatable bonds is 5. The zero-order valence-electron chi connectivity index (χ0n) is 9.60. The number of hydrogen-bond donors (Lipinski definition) is 1. The van der Waals surface area contributed by atoms with Crippen LogP contribution in [-0.2, 0) is 21.3 Å². The maximum atomic E-state index is 11.7. The van der Waals surface area contributed by atoms with Crippen LogP contribution in [0.3, 0.4) is 0 Å². The predicted molar refractivity (Wildman–Crippen MR) is 66.6 cm³/mol. The van der Waals surface area contributed by atoms with E-state index in [4.69, 9.17) is 5.26 Å². The number of nitrogens with zero attached hydrogens (tertiary/aromatic N) is 1. The average molecular weight is 250 g/mol. The van der Waals surface area contributed by atoms with Gasteiger partial charge in [0.1, 0.15) is 5.75 Å². The average Bonchev–Trinajstić information content (AvgIpc) is 2.29. The molecule has 0 aromatic heterocycles. The number of carbonyl (C=O) groups is 1. The Morgan fingerprint density at radius 2 is 2.29 bits per heavy atom. The standard InChI is InChI=1S/C12H14N2O2S/c1-2-14-12(15)9-17(16)8-11-5-3-4-10(6-11)7-13/h3-6H,2,8-9H2,1H3,(H,14,15). The van der Waals surface area contributed by atoms with Crippen molar-refractivity contribution in [1.82, 2.24) is 5.32 Å². The fraction of sp³-hybridized carbons (Fsp3) is 0.333. The van der Waals surface area contributed by atoms with E-state index in [0.717, 1.165) is 5.56 Å². The third kappa shape index (κ3) is 4.79. The van der Waals surface area contributed by atoms with Crippen molar-refractivity contribution >= 4 is 16.7 Å². The highest BCUT2D eigenvalue weighted by atomic mass is 32.2. The second kappa shape index (κ2) is 6.81. The van der Waals surface area contributed by atoms with Crippen LogP contribution >= 0.6 is 0 Å². The highest BCUT2D eigenvalue weighted by molar-refractivity contribution is 7.84. The molecule has 1 aromatic carbocycles. The van der Waals surface area contributed by atoms with Crippen molar-refractivity contribution in [3.05, 3.63) is 35.4 Å². The molecule has 0 aliphatic heterocycles. The predicted octanol–water partition coefficient (Wildman–Crippen LogP) is 0.943. The molecule has 0 radical (unpaired) electrons. The molecule has 1 unspecified atom stereocenters. The molecule has 1 atom stereocenters. The lowest BCUT2D eigenvalue weighted by atomic mass is 10.2. The maximum absolute atomic E-state index is 11.7. The van der Waals surface area contributed by atoms with Gasteiger partial charge < -0.3 is 5.32 Å². The molecule has 17 heavy (non-hydrogen) atoms. The molecule has 0 spiro atoms. The molecule has 1 N–H and O–H groups in total. The zero-order valence-corrected chi connectivity index (χ0v) is 10.4. The maximum Gasteiger partial charge on any atom is 0.232 e. The number of hydrogen-bond acceptors (Lipinski definition) is 3. The van der Waals surface area contributed by atoms with Crippen LogP contribution in [0.5, 0.6) is 0 Å². The Balaban J connectivity index is 2.56. The van der Waals surface area contributed by atoms with Crippen LogP contribution in [0.2, 0.25) is 0 Å². The van der Waals surface area contributed by atoms with E-state index in [9.17, 15) is 9.00 Å². The molecule has 0 fully saturated rings. The quantitative estimate of drug-likeness (QED) is 0.845. The van der Waals surface area contributed by atoms with Crippen LogP contribution in [0.25, 0.3) is 0 Å². The number of nitrogens with one attached hydrogen (secondary N) is 1. The van der Waals surface area contributed by atoms with E-state index in [0.29, 0.717) is 17.9 Å². The molecule has 0 aliphatic rings. The minimum Gasteiger partial charge on any atom is -0.356 e. The van der Waals surface area contributed by atoms with E-state index in [1.165, 1.54) is 0 Å². The molecule has 5 heteroatoms. The zero-order chi connectivity index (χ0) is 12.7. The number of benzene rings is 1. The lowest BCUT2D eigenvalue weighted by Gasteiger charge is -2.03. The van der Waals surface area contributed by atoms with Gasteiger partial charge in [-0.15, -0.1) is 0 Å². The molecule has 1 amide bonds. The van der Waals surface area contributed by atoms with Gasteiger partial charge in [-0.3, -0.25) is 9.00 Å². The van der Waals surface area contributed by atoms with Crippen molar-refractivity contribution in [2.24, 2.45) is 0 Å². The minimum atomic E-state index is -1.23. The smallest absolute Gasteiger partial charge is 0.232 e. The largest absolute Gasteiger partial charge is 0.356 e. The molecule has 0 heterocycles. The summed E-state index contributed by atoms with van der Waals surface area (Å²) >= 11 is 0. The number of amides is 1. The Kier molecular flexibility index (Phi) is 5.37. The molecule has 90 valence electrons. The van der Waals surface area contributed by atoms with Gasteiger partial charge in [-0.05, 0) is 24.6 Å². The van der Waals surface area contributed by atoms with Crippen LogP contribution in [0.15, 0.2) is 24.3 Å². The summed E-state index contributed by atoms with van der Waals surface area (Å²) in [5.74, 6) is 0.0966. The van der Waals surface area contributed by atoms with Crippen molar-refractivity contribution in [3.63, 3.8) is 0 Å². The van der Waals surface area contributed by atoms with E-state index in [-0.39, 0.29) is 11.7 Å². The summed E-state index contributed by atoms with van der Waals surface area (Å²) in [7, 11) is -1.23. The highest BCUT2D eigenvalue weighted by Gasteiger charge is 2.08. The van der Waals surface area contributed by atoms with E-state index < -0.39 is 10.8 Å². The second-order valence-electron chi connectivity index (χ2n) is 3.49. The summed E-state index contributed by atoms with van der Waals surface area (Å²) in [5.41, 5.74) is 1.35. The van der Waals surface area contributed by atoms with Gasteiger partial charge in [0.25, 0.3) is 0 Å². The molecule has 4 nitrogen and oxygen atoms in total. The first-order valence-corrected chi connectivity index (χ1v) is 6.75. The summed E-state index contributed by atoms with van der Waals surface area (Å²) in [6.07, 6.45) is 0. The first kappa shape index (κ1) is 13.4. The van der Waals surface area contributed by atoms with Crippen molar-refractivity contribution in [2.45, 2.75) is 12.7 Å². The summed E-state index contributed by atoms with van der Waals surface area (Å²) in [6.45, 7) is 2.36. The molecule has 1 rings (SSSR count). The van der Waals surface area contributed by atoms with Crippen molar-refractivity contribution in [2.75, 3.05) is 12.3 Å². The van der Waals surface area contributed by atoms with E-state index >= 15 is 0 Å². The highest BCUT2D eigenvalue weighted by Crippen LogP contribution is 2.07. The van der Waals surface area contributed by atoms with Crippen molar-refractivity contribution < 1.29 is 9.00 Å². The van der Waals surface area contributed by atoms with Gasteiger partial charge in [-0.1, -0.05) is 12.1 Å². The summed E-state index contributed by atoms with van der Waals surface area (Å²) in [4.78, 5) is 11.2. The van der Waals surface area contributed by atoms with Crippen LogP contribution < -0.4 is 5.32 Å². The van der Waals surface area contributed by atoms with Crippen LogP contribution in [0.4, 0.5) is 0 Å². The van der Waals surface area contributed by atoms with Crippen LogP contribution in [-0.4, -0.2) is 22.4 Å². The van der Waals surface area contributed by atoms with Gasteiger partial charge >= 0.3 is 0 Å². The molecule has 0 bridgehead atoms. The third-order valence-electron chi connectivity index (χ3n) is 2.05. The SMILES string of the molecule is CCNC(=O)CS(=O)Cc1cccc(C#N)c1. The lowest BCUT2D eigenvalue weighted by Crippen LogP contribution is -2.28. The minimum absolute atomic E-state index is 0.00458. The molecular formula is C12H14N2O2S. The van der Waals surface area contributed by atoms with E-state index in [2.05, 4.69) is 5.32 Å². The first-order chi connectivity index (χ1) is 8.15. The van der Waals surface area contributed by atoms with Gasteiger partial charge in [0.15, 0.2) is 0 Å². The third-order valence-corrected chi connectivity index (χ3v) is 3.29. The number of carbonyl (C=O) groups excluding carboxylic acids is 1. The van der Waals surface area contributed by atoms with E-state index in [1.54, 1.807) is 24.3 Å². The second-order valence-corrected chi connectivity index (χ2v) is 4.95. The summed E-state index contributed by atoms with van der Waals surface area (Å²) in [5, 5.41) is 11.3. The van der Waals surface area contributed by atoms with Gasteiger partial charge in [-0.25, -0.2) is 0 Å². The first-order valence-electron chi connectivity index (χ1n) is 5.26. The Hall–Kier alpha value is -1.67. The Labute approximate surface area is 103 Å². The molecule has 0 saturated carbocycles. The molecule has 0 saturated heterocycles. The molecule has 1 aromatic rings. The van der Waals surface area contributed by atoms with Crippen LogP contribution in [0, 0.1) is 11.3 Å². The van der Waals surface area contributed by atoms with Gasteiger partial charge in [-0.2, -0.15) is 5.26 Å². The van der Waals surface area contributed by atoms with Crippen molar-refractivity contribution in [3.8, 4) is 6.07 Å². The Bertz CT molecular complexity index is 466. The normalized spacial score (nSPS) is 11.5. The number of nitriles is 1. The van der Waals surface area contributed by atoms with Crippen LogP contribution in [0.1, 0.15) is 18.1 Å². The lowest BCUT2D eigenvalue weighted by molar-refractivity contribution is -0.118. The monoisotopic (exact) mass is 250 g/mol. The van der Waals surface area contributed by atoms with Gasteiger partial charge in [0.05, 0.1) is 11.6 Å². The summed E-state index contributed by atoms with van der Waals surface area (Å²) in [6, 6.07) is 8.95. The van der Waals surface area contributed by atoms with E-state index in [1.807, 2.05) is 13.0 Å². The fourth-order valence-electron chi connectivity index (χ4n) is 1.36. The fourth-order valence-corrected chi connectivity index (χ4v) is 2.41.